The number of nitrogens with zero attached hydrogens (tertiary/aromatic N) is 8. The van der Waals surface area contributed by atoms with E-state index in [1.807, 2.05) is 42.5 Å². The Hall–Kier alpha value is -10.1. The molecule has 0 aliphatic rings. The number of aromatic nitrogens is 7. The minimum atomic E-state index is 0.448. The van der Waals surface area contributed by atoms with E-state index in [0.29, 0.717) is 28.7 Å². The Bertz CT molecular complexity index is 4730. The standard InChI is InChI=1S/C66H42N8/c1-40-30-33-55-49(36-40)50-37-41(2)31-34-56(50)74(55)66-69-64(43-18-6-3-7-19-43)68-65(70-66)51-38-42(39-67)32-35-57(51)73-54-29-17-14-26-48(54)60-62-58(46-24-12-15-27-52(46)71(62)44-20-8-4-9-21-44)61-59(63(60)73)47-25-13-16-28-53(47)72(61)45-22-10-5-11-23-45/h3-38H,1-2H3. The Labute approximate surface area is 424 Å². The second kappa shape index (κ2) is 16.0. The van der Waals surface area contributed by atoms with Gasteiger partial charge in [-0.15, -0.1) is 0 Å². The lowest BCUT2D eigenvalue weighted by atomic mass is 10.0. The van der Waals surface area contributed by atoms with Gasteiger partial charge >= 0.3 is 0 Å². The van der Waals surface area contributed by atoms with Gasteiger partial charge < -0.3 is 13.7 Å². The van der Waals surface area contributed by atoms with Crippen molar-refractivity contribution in [2.75, 3.05) is 0 Å². The molecule has 0 bridgehead atoms. The molecular weight excluding hydrogens is 905 g/mol. The zero-order valence-corrected chi connectivity index (χ0v) is 40.4. The van der Waals surface area contributed by atoms with Gasteiger partial charge in [-0.05, 0) is 98.8 Å². The molecule has 15 aromatic rings. The minimum absolute atomic E-state index is 0.448. The first-order valence-corrected chi connectivity index (χ1v) is 24.9. The van der Waals surface area contributed by atoms with Crippen molar-refractivity contribution in [3.8, 4) is 51.9 Å². The van der Waals surface area contributed by atoms with Crippen LogP contribution in [0.1, 0.15) is 16.7 Å². The predicted molar refractivity (Wildman–Crippen MR) is 302 cm³/mol. The molecule has 0 fully saturated rings. The summed E-state index contributed by atoms with van der Waals surface area (Å²) < 4.78 is 9.48. The van der Waals surface area contributed by atoms with Crippen molar-refractivity contribution in [3.05, 3.63) is 235 Å². The van der Waals surface area contributed by atoms with Gasteiger partial charge in [0.15, 0.2) is 11.6 Å². The Morgan fingerprint density at radius 1 is 0.365 bits per heavy atom. The lowest BCUT2D eigenvalue weighted by Gasteiger charge is -2.17. The number of fused-ring (bicyclic) bond motifs is 15. The van der Waals surface area contributed by atoms with E-state index in [0.717, 1.165) is 104 Å². The Morgan fingerprint density at radius 3 is 1.31 bits per heavy atom. The third-order valence-electron chi connectivity index (χ3n) is 14.9. The maximum atomic E-state index is 10.8. The molecule has 0 saturated carbocycles. The molecular formula is C66H42N8. The first kappa shape index (κ1) is 41.7. The van der Waals surface area contributed by atoms with Crippen LogP contribution < -0.4 is 0 Å². The number of rotatable bonds is 6. The van der Waals surface area contributed by atoms with Crippen LogP contribution in [0.2, 0.25) is 0 Å². The van der Waals surface area contributed by atoms with Gasteiger partial charge in [0.1, 0.15) is 0 Å². The summed E-state index contributed by atoms with van der Waals surface area (Å²) in [6.45, 7) is 4.26. The normalized spacial score (nSPS) is 11.9. The highest BCUT2D eigenvalue weighted by Crippen LogP contribution is 2.51. The molecule has 346 valence electrons. The summed E-state index contributed by atoms with van der Waals surface area (Å²) in [6.07, 6.45) is 0. The quantitative estimate of drug-likeness (QED) is 0.166. The second-order valence-corrected chi connectivity index (χ2v) is 19.3. The topological polar surface area (TPSA) is 82.2 Å². The van der Waals surface area contributed by atoms with Crippen LogP contribution in [-0.4, -0.2) is 33.2 Å². The first-order valence-electron chi connectivity index (χ1n) is 24.9. The van der Waals surface area contributed by atoms with Gasteiger partial charge in [0.05, 0.1) is 61.5 Å². The average Bonchev–Trinajstić information content (AvgIpc) is 4.29. The fraction of sp³-hybridized carbons (Fsp3) is 0.0303. The summed E-state index contributed by atoms with van der Waals surface area (Å²) in [4.78, 5) is 16.2. The number of aryl methyl sites for hydroxylation is 2. The molecule has 8 nitrogen and oxygen atoms in total. The van der Waals surface area contributed by atoms with Crippen LogP contribution in [0.15, 0.2) is 218 Å². The van der Waals surface area contributed by atoms with Gasteiger partial charge in [-0.3, -0.25) is 4.57 Å². The Kier molecular flexibility index (Phi) is 8.98. The van der Waals surface area contributed by atoms with E-state index >= 15 is 0 Å². The highest BCUT2D eigenvalue weighted by atomic mass is 15.2. The van der Waals surface area contributed by atoms with Gasteiger partial charge in [-0.2, -0.15) is 15.2 Å². The minimum Gasteiger partial charge on any atom is -0.308 e. The van der Waals surface area contributed by atoms with Crippen molar-refractivity contribution in [3.63, 3.8) is 0 Å². The molecule has 0 N–H and O–H groups in total. The van der Waals surface area contributed by atoms with E-state index in [2.05, 4.69) is 214 Å². The zero-order chi connectivity index (χ0) is 49.2. The highest BCUT2D eigenvalue weighted by molar-refractivity contribution is 6.40. The van der Waals surface area contributed by atoms with E-state index in [1.165, 1.54) is 16.5 Å². The maximum Gasteiger partial charge on any atom is 0.238 e. The van der Waals surface area contributed by atoms with E-state index in [9.17, 15) is 5.26 Å². The molecule has 10 aromatic carbocycles. The average molecular weight is 947 g/mol. The number of benzene rings is 10. The first-order chi connectivity index (χ1) is 36.5. The van der Waals surface area contributed by atoms with Crippen molar-refractivity contribution < 1.29 is 0 Å². The summed E-state index contributed by atoms with van der Waals surface area (Å²) >= 11 is 0. The Balaban J connectivity index is 1.14. The molecule has 5 heterocycles. The van der Waals surface area contributed by atoms with Crippen LogP contribution in [0.25, 0.3) is 133 Å². The van der Waals surface area contributed by atoms with Crippen molar-refractivity contribution in [2.45, 2.75) is 13.8 Å². The molecule has 74 heavy (non-hydrogen) atoms. The summed E-state index contributed by atoms with van der Waals surface area (Å²) in [5.41, 5.74) is 15.8. The number of hydrogen-bond acceptors (Lipinski definition) is 4. The molecule has 0 radical (unpaired) electrons. The van der Waals surface area contributed by atoms with Gasteiger partial charge in [0.25, 0.3) is 0 Å². The molecule has 0 aliphatic carbocycles. The number of nitriles is 1. The maximum absolute atomic E-state index is 10.8. The van der Waals surface area contributed by atoms with Gasteiger partial charge in [0, 0.05) is 65.6 Å². The fourth-order valence-electron chi connectivity index (χ4n) is 11.8. The monoisotopic (exact) mass is 946 g/mol. The fourth-order valence-corrected chi connectivity index (χ4v) is 11.8. The van der Waals surface area contributed by atoms with Crippen LogP contribution in [0.5, 0.6) is 0 Å². The van der Waals surface area contributed by atoms with Crippen LogP contribution in [0, 0.1) is 25.2 Å². The molecule has 0 amide bonds. The van der Waals surface area contributed by atoms with Crippen LogP contribution >= 0.6 is 0 Å². The lowest BCUT2D eigenvalue weighted by Crippen LogP contribution is -2.08. The number of hydrogen-bond donors (Lipinski definition) is 0. The Morgan fingerprint density at radius 2 is 0.797 bits per heavy atom. The lowest BCUT2D eigenvalue weighted by molar-refractivity contribution is 0.951. The van der Waals surface area contributed by atoms with Crippen molar-refractivity contribution in [1.29, 1.82) is 5.26 Å². The van der Waals surface area contributed by atoms with E-state index in [1.54, 1.807) is 0 Å². The molecule has 0 unspecified atom stereocenters. The van der Waals surface area contributed by atoms with Gasteiger partial charge in [-0.25, -0.2) is 4.98 Å². The summed E-state index contributed by atoms with van der Waals surface area (Å²) in [5, 5.41) is 19.8. The van der Waals surface area contributed by atoms with Crippen molar-refractivity contribution in [1.82, 2.24) is 33.2 Å². The third-order valence-corrected chi connectivity index (χ3v) is 14.9. The largest absolute Gasteiger partial charge is 0.308 e. The zero-order valence-electron chi connectivity index (χ0n) is 40.4. The predicted octanol–water partition coefficient (Wildman–Crippen LogP) is 16.1. The summed E-state index contributed by atoms with van der Waals surface area (Å²) in [7, 11) is 0. The third kappa shape index (κ3) is 5.98. The van der Waals surface area contributed by atoms with Crippen LogP contribution in [-0.2, 0) is 0 Å². The molecule has 15 rings (SSSR count). The van der Waals surface area contributed by atoms with Gasteiger partial charge in [0.2, 0.25) is 5.95 Å². The highest BCUT2D eigenvalue weighted by Gasteiger charge is 2.30. The van der Waals surface area contributed by atoms with Gasteiger partial charge in [-0.1, -0.05) is 145 Å². The summed E-state index contributed by atoms with van der Waals surface area (Å²) in [5.74, 6) is 1.46. The van der Waals surface area contributed by atoms with Crippen molar-refractivity contribution in [2.24, 2.45) is 0 Å². The van der Waals surface area contributed by atoms with Crippen molar-refractivity contribution >= 4 is 87.2 Å². The molecule has 8 heteroatoms. The van der Waals surface area contributed by atoms with Crippen LogP contribution in [0.4, 0.5) is 0 Å². The molecule has 0 spiro atoms. The number of para-hydroxylation sites is 5. The summed E-state index contributed by atoms with van der Waals surface area (Å²) in [6, 6.07) is 79.4. The smallest absolute Gasteiger partial charge is 0.238 e. The SMILES string of the molecule is Cc1ccc2c(c1)c1cc(C)ccc1n2-c1nc(-c2ccccc2)nc(-c2cc(C#N)ccc2-n2c3ccccc3c3c4c(c5ccccc5n4-c4ccccc4)c4c(c5ccccc5n4-c4ccccc4)c32)n1. The molecule has 5 aromatic heterocycles. The second-order valence-electron chi connectivity index (χ2n) is 19.3. The van der Waals surface area contributed by atoms with E-state index < -0.39 is 0 Å². The molecule has 0 atom stereocenters. The van der Waals surface area contributed by atoms with E-state index in [4.69, 9.17) is 15.0 Å². The molecule has 0 saturated heterocycles. The van der Waals surface area contributed by atoms with Crippen LogP contribution in [0.3, 0.4) is 0 Å². The molecule has 0 aliphatic heterocycles. The van der Waals surface area contributed by atoms with E-state index in [-0.39, 0.29) is 0 Å².